The number of hydrogen-bond acceptors (Lipinski definition) is 5. The van der Waals surface area contributed by atoms with Gasteiger partial charge in [-0.1, -0.05) is 12.1 Å². The fourth-order valence-electron chi connectivity index (χ4n) is 4.47. The van der Waals surface area contributed by atoms with Crippen molar-refractivity contribution in [3.8, 4) is 0 Å². The predicted molar refractivity (Wildman–Crippen MR) is 118 cm³/mol. The van der Waals surface area contributed by atoms with Crippen molar-refractivity contribution in [1.82, 2.24) is 25.1 Å². The Morgan fingerprint density at radius 1 is 1.09 bits per heavy atom. The summed E-state index contributed by atoms with van der Waals surface area (Å²) in [5, 5.41) is 2.83. The quantitative estimate of drug-likeness (QED) is 0.749. The molecule has 1 N–H and O–H groups in total. The molecule has 1 aromatic carbocycles. The zero-order valence-corrected chi connectivity index (χ0v) is 18.5. The molecule has 0 radical (unpaired) electrons. The van der Waals surface area contributed by atoms with Crippen LogP contribution in [0.25, 0.3) is 0 Å². The van der Waals surface area contributed by atoms with Crippen molar-refractivity contribution in [3.63, 3.8) is 0 Å². The highest BCUT2D eigenvalue weighted by atomic mass is 19.1. The van der Waals surface area contributed by atoms with Gasteiger partial charge in [0.1, 0.15) is 5.82 Å². The molecule has 32 heavy (non-hydrogen) atoms. The fraction of sp³-hybridized carbons (Fsp3) is 0.500. The SMILES string of the molecule is Cc1nc([C@H]2CCCCN2C(=O)CN2CCCC2)ncc1C(=O)NCc1ccc(F)cc1. The number of rotatable bonds is 6. The molecule has 2 saturated heterocycles. The van der Waals surface area contributed by atoms with E-state index in [9.17, 15) is 14.0 Å². The Balaban J connectivity index is 1.42. The molecule has 1 aromatic heterocycles. The molecule has 0 unspecified atom stereocenters. The van der Waals surface area contributed by atoms with Crippen LogP contribution in [-0.4, -0.2) is 57.8 Å². The summed E-state index contributed by atoms with van der Waals surface area (Å²) in [6, 6.07) is 5.86. The lowest BCUT2D eigenvalue weighted by atomic mass is 10.0. The van der Waals surface area contributed by atoms with Crippen LogP contribution in [0.4, 0.5) is 4.39 Å². The molecule has 8 heteroatoms. The molecule has 3 heterocycles. The van der Waals surface area contributed by atoms with Gasteiger partial charge in [0.25, 0.3) is 5.91 Å². The highest BCUT2D eigenvalue weighted by Gasteiger charge is 2.31. The van der Waals surface area contributed by atoms with Gasteiger partial charge in [0, 0.05) is 19.3 Å². The summed E-state index contributed by atoms with van der Waals surface area (Å²) in [7, 11) is 0. The van der Waals surface area contributed by atoms with Gasteiger partial charge in [0.2, 0.25) is 5.91 Å². The van der Waals surface area contributed by atoms with Gasteiger partial charge < -0.3 is 10.2 Å². The third-order valence-corrected chi connectivity index (χ3v) is 6.29. The number of nitrogens with one attached hydrogen (secondary N) is 1. The molecule has 170 valence electrons. The van der Waals surface area contributed by atoms with E-state index in [4.69, 9.17) is 0 Å². The third kappa shape index (κ3) is 5.30. The first-order chi connectivity index (χ1) is 15.5. The first kappa shape index (κ1) is 22.3. The normalized spacial score (nSPS) is 19.2. The van der Waals surface area contributed by atoms with Gasteiger partial charge in [-0.25, -0.2) is 14.4 Å². The maximum Gasteiger partial charge on any atom is 0.254 e. The molecule has 1 atom stereocenters. The van der Waals surface area contributed by atoms with Crippen molar-refractivity contribution >= 4 is 11.8 Å². The number of likely N-dealkylation sites (tertiary alicyclic amines) is 2. The van der Waals surface area contributed by atoms with Crippen LogP contribution in [0.15, 0.2) is 30.5 Å². The van der Waals surface area contributed by atoms with Gasteiger partial charge in [-0.2, -0.15) is 0 Å². The second-order valence-corrected chi connectivity index (χ2v) is 8.62. The number of carbonyl (C=O) groups excluding carboxylic acids is 2. The van der Waals surface area contributed by atoms with Crippen molar-refractivity contribution < 1.29 is 14.0 Å². The second kappa shape index (κ2) is 10.2. The Hall–Kier alpha value is -2.87. The first-order valence-electron chi connectivity index (χ1n) is 11.4. The van der Waals surface area contributed by atoms with Gasteiger partial charge in [0.05, 0.1) is 23.8 Å². The molecule has 4 rings (SSSR count). The van der Waals surface area contributed by atoms with Crippen LogP contribution in [0.3, 0.4) is 0 Å². The smallest absolute Gasteiger partial charge is 0.254 e. The Bertz CT molecular complexity index is 959. The highest BCUT2D eigenvalue weighted by molar-refractivity contribution is 5.94. The number of piperidine rings is 1. The summed E-state index contributed by atoms with van der Waals surface area (Å²) in [6.45, 7) is 5.24. The lowest BCUT2D eigenvalue weighted by Gasteiger charge is -2.35. The molecule has 2 fully saturated rings. The summed E-state index contributed by atoms with van der Waals surface area (Å²) in [5.74, 6) is 0.158. The Morgan fingerprint density at radius 2 is 1.81 bits per heavy atom. The molecular formula is C24H30FN5O2. The number of nitrogens with zero attached hydrogens (tertiary/aromatic N) is 4. The molecule has 0 bridgehead atoms. The van der Waals surface area contributed by atoms with Crippen LogP contribution in [0, 0.1) is 12.7 Å². The summed E-state index contributed by atoms with van der Waals surface area (Å²) in [4.78, 5) is 38.8. The number of halogens is 1. The van der Waals surface area contributed by atoms with Crippen LogP contribution in [0.1, 0.15) is 65.6 Å². The van der Waals surface area contributed by atoms with Crippen LogP contribution in [-0.2, 0) is 11.3 Å². The van der Waals surface area contributed by atoms with Crippen molar-refractivity contribution in [1.29, 1.82) is 0 Å². The number of aryl methyl sites for hydroxylation is 1. The van der Waals surface area contributed by atoms with Crippen molar-refractivity contribution in [2.24, 2.45) is 0 Å². The van der Waals surface area contributed by atoms with Crippen LogP contribution in [0.2, 0.25) is 0 Å². The number of benzene rings is 1. The third-order valence-electron chi connectivity index (χ3n) is 6.29. The van der Waals surface area contributed by atoms with E-state index in [-0.39, 0.29) is 23.7 Å². The van der Waals surface area contributed by atoms with Gasteiger partial charge in [0.15, 0.2) is 5.82 Å². The zero-order valence-electron chi connectivity index (χ0n) is 18.5. The molecule has 7 nitrogen and oxygen atoms in total. The minimum Gasteiger partial charge on any atom is -0.348 e. The lowest BCUT2D eigenvalue weighted by Crippen LogP contribution is -2.44. The highest BCUT2D eigenvalue weighted by Crippen LogP contribution is 2.29. The lowest BCUT2D eigenvalue weighted by molar-refractivity contribution is -0.136. The van der Waals surface area contributed by atoms with Gasteiger partial charge in [-0.3, -0.25) is 14.5 Å². The van der Waals surface area contributed by atoms with E-state index < -0.39 is 0 Å². The largest absolute Gasteiger partial charge is 0.348 e. The second-order valence-electron chi connectivity index (χ2n) is 8.62. The number of hydrogen-bond donors (Lipinski definition) is 1. The summed E-state index contributed by atoms with van der Waals surface area (Å²) in [6.07, 6.45) is 6.72. The molecular weight excluding hydrogens is 409 g/mol. The van der Waals surface area contributed by atoms with Gasteiger partial charge >= 0.3 is 0 Å². The van der Waals surface area contributed by atoms with E-state index in [0.29, 0.717) is 30.2 Å². The Labute approximate surface area is 188 Å². The number of aromatic nitrogens is 2. The summed E-state index contributed by atoms with van der Waals surface area (Å²) >= 11 is 0. The number of carbonyl (C=O) groups is 2. The molecule has 2 amide bonds. The summed E-state index contributed by atoms with van der Waals surface area (Å²) in [5.41, 5.74) is 1.80. The van der Waals surface area contributed by atoms with E-state index in [0.717, 1.165) is 57.3 Å². The Morgan fingerprint density at radius 3 is 2.53 bits per heavy atom. The predicted octanol–water partition coefficient (Wildman–Crippen LogP) is 3.00. The Kier molecular flexibility index (Phi) is 7.09. The maximum atomic E-state index is 13.0. The molecule has 0 saturated carbocycles. The van der Waals surface area contributed by atoms with E-state index in [2.05, 4.69) is 20.2 Å². The van der Waals surface area contributed by atoms with Crippen molar-refractivity contribution in [3.05, 3.63) is 58.9 Å². The molecule has 0 aliphatic carbocycles. The number of amides is 2. The molecule has 0 spiro atoms. The molecule has 2 aliphatic rings. The standard InChI is InChI=1S/C24H30FN5O2/c1-17-20(24(32)27-14-18-7-9-19(25)10-8-18)15-26-23(28-17)21-6-2-3-13-30(21)22(31)16-29-11-4-5-12-29/h7-10,15,21H,2-6,11-14,16H2,1H3,(H,27,32)/t21-/m1/s1. The minimum atomic E-state index is -0.310. The zero-order chi connectivity index (χ0) is 22.5. The first-order valence-corrected chi connectivity index (χ1v) is 11.4. The molecule has 2 aromatic rings. The van der Waals surface area contributed by atoms with Gasteiger partial charge in [-0.15, -0.1) is 0 Å². The van der Waals surface area contributed by atoms with Gasteiger partial charge in [-0.05, 0) is 69.8 Å². The van der Waals surface area contributed by atoms with Crippen molar-refractivity contribution in [2.75, 3.05) is 26.2 Å². The fourth-order valence-corrected chi connectivity index (χ4v) is 4.47. The van der Waals surface area contributed by atoms with E-state index >= 15 is 0 Å². The average Bonchev–Trinajstić information content (AvgIpc) is 3.31. The van der Waals surface area contributed by atoms with E-state index in [1.165, 1.54) is 12.1 Å². The minimum absolute atomic E-state index is 0.138. The monoisotopic (exact) mass is 439 g/mol. The summed E-state index contributed by atoms with van der Waals surface area (Å²) < 4.78 is 13.0. The van der Waals surface area contributed by atoms with Crippen LogP contribution >= 0.6 is 0 Å². The van der Waals surface area contributed by atoms with Crippen LogP contribution < -0.4 is 5.32 Å². The maximum absolute atomic E-state index is 13.0. The van der Waals surface area contributed by atoms with Crippen molar-refractivity contribution in [2.45, 2.75) is 51.6 Å². The van der Waals surface area contributed by atoms with E-state index in [1.54, 1.807) is 25.3 Å². The van der Waals surface area contributed by atoms with E-state index in [1.807, 2.05) is 4.90 Å². The topological polar surface area (TPSA) is 78.4 Å². The average molecular weight is 440 g/mol. The molecule has 2 aliphatic heterocycles. The van der Waals surface area contributed by atoms with Crippen LogP contribution in [0.5, 0.6) is 0 Å².